The van der Waals surface area contributed by atoms with Crippen LogP contribution < -0.4 is 20.1 Å². The van der Waals surface area contributed by atoms with Crippen LogP contribution in [-0.4, -0.2) is 57.8 Å². The molecule has 9 heteroatoms. The number of rotatable bonds is 8. The van der Waals surface area contributed by atoms with Crippen molar-refractivity contribution in [1.29, 1.82) is 0 Å². The Bertz CT molecular complexity index is 1300. The first-order valence-corrected chi connectivity index (χ1v) is 11.3. The number of hydrogen-bond donors (Lipinski definition) is 2. The number of methoxy groups -OCH3 is 1. The summed E-state index contributed by atoms with van der Waals surface area (Å²) in [6.45, 7) is 0. The molecule has 5 rings (SSSR count). The van der Waals surface area contributed by atoms with E-state index >= 15 is 0 Å². The Kier molecular flexibility index (Phi) is 5.93. The van der Waals surface area contributed by atoms with Crippen LogP contribution in [0, 0.1) is 0 Å². The van der Waals surface area contributed by atoms with Crippen molar-refractivity contribution in [3.8, 4) is 11.5 Å². The summed E-state index contributed by atoms with van der Waals surface area (Å²) in [6, 6.07) is 12.2. The second kappa shape index (κ2) is 9.18. The number of nitrogens with one attached hydrogen (secondary N) is 2. The van der Waals surface area contributed by atoms with Crippen LogP contribution in [0.15, 0.2) is 55.0 Å². The minimum Gasteiger partial charge on any atom is -0.493 e. The van der Waals surface area contributed by atoms with Crippen molar-refractivity contribution in [2.45, 2.75) is 25.0 Å². The van der Waals surface area contributed by atoms with E-state index in [0.717, 1.165) is 41.0 Å². The Hall–Kier alpha value is -3.85. The zero-order valence-electron chi connectivity index (χ0n) is 19.8. The molecule has 0 unspecified atom stereocenters. The number of anilines is 4. The number of aryl methyl sites for hydroxylation is 1. The molecule has 0 atom stereocenters. The maximum absolute atomic E-state index is 6.15. The average Bonchev–Trinajstić information content (AvgIpc) is 3.16. The van der Waals surface area contributed by atoms with Crippen molar-refractivity contribution in [2.75, 3.05) is 31.8 Å². The lowest BCUT2D eigenvalue weighted by atomic mass is 9.88. The van der Waals surface area contributed by atoms with E-state index in [0.29, 0.717) is 23.6 Å². The standard InChI is InChI=1S/C25H29N7O2/c1-31(2)19-13-20(14-19)34-21-6-5-17(12-22(21)33-4)29-25-26-9-7-23(30-25)28-18-11-16-8-10-32(3)24(16)27-15-18/h5-12,15,19-20H,13-14H2,1-4H3,(H2,26,28,29,30). The van der Waals surface area contributed by atoms with Gasteiger partial charge in [0.05, 0.1) is 19.0 Å². The minimum absolute atomic E-state index is 0.218. The van der Waals surface area contributed by atoms with Gasteiger partial charge in [-0.25, -0.2) is 9.97 Å². The third kappa shape index (κ3) is 4.60. The highest BCUT2D eigenvalue weighted by molar-refractivity contribution is 5.80. The molecule has 0 radical (unpaired) electrons. The van der Waals surface area contributed by atoms with E-state index in [1.54, 1.807) is 19.5 Å². The highest BCUT2D eigenvalue weighted by atomic mass is 16.5. The van der Waals surface area contributed by atoms with Crippen LogP contribution >= 0.6 is 0 Å². The summed E-state index contributed by atoms with van der Waals surface area (Å²) < 4.78 is 13.7. The van der Waals surface area contributed by atoms with Crippen LogP contribution in [0.2, 0.25) is 0 Å². The zero-order chi connectivity index (χ0) is 23.7. The van der Waals surface area contributed by atoms with E-state index in [1.807, 2.05) is 54.2 Å². The van der Waals surface area contributed by atoms with Crippen molar-refractivity contribution in [3.63, 3.8) is 0 Å². The molecule has 1 saturated carbocycles. The predicted octanol–water partition coefficient (Wildman–Crippen LogP) is 4.33. The van der Waals surface area contributed by atoms with Gasteiger partial charge in [-0.15, -0.1) is 0 Å². The van der Waals surface area contributed by atoms with E-state index in [2.05, 4.69) is 44.6 Å². The topological polar surface area (TPSA) is 89.4 Å². The third-order valence-corrected chi connectivity index (χ3v) is 6.15. The molecule has 176 valence electrons. The number of benzene rings is 1. The summed E-state index contributed by atoms with van der Waals surface area (Å²) in [5.41, 5.74) is 2.61. The van der Waals surface area contributed by atoms with E-state index in [-0.39, 0.29) is 6.10 Å². The van der Waals surface area contributed by atoms with Gasteiger partial charge in [0.1, 0.15) is 17.6 Å². The maximum atomic E-state index is 6.15. The molecule has 34 heavy (non-hydrogen) atoms. The van der Waals surface area contributed by atoms with E-state index in [4.69, 9.17) is 9.47 Å². The van der Waals surface area contributed by atoms with Gasteiger partial charge in [0, 0.05) is 42.6 Å². The number of fused-ring (bicyclic) bond motifs is 1. The number of ether oxygens (including phenoxy) is 2. The van der Waals surface area contributed by atoms with Crippen LogP contribution in [0.4, 0.5) is 23.1 Å². The second-order valence-electron chi connectivity index (χ2n) is 8.77. The molecule has 3 heterocycles. The monoisotopic (exact) mass is 459 g/mol. The Labute approximate surface area is 198 Å². The molecular formula is C25H29N7O2. The molecule has 1 aliphatic carbocycles. The molecule has 3 aromatic heterocycles. The Morgan fingerprint density at radius 2 is 1.85 bits per heavy atom. The SMILES string of the molecule is COc1cc(Nc2nccc(Nc3cnc4c(ccn4C)c3)n2)ccc1OC1CC(N(C)C)C1. The molecule has 0 amide bonds. The van der Waals surface area contributed by atoms with Crippen molar-refractivity contribution in [1.82, 2.24) is 24.4 Å². The molecule has 1 fully saturated rings. The summed E-state index contributed by atoms with van der Waals surface area (Å²) in [7, 11) is 7.83. The van der Waals surface area contributed by atoms with E-state index < -0.39 is 0 Å². The Balaban J connectivity index is 1.26. The fourth-order valence-electron chi connectivity index (χ4n) is 4.07. The highest BCUT2D eigenvalue weighted by Crippen LogP contribution is 2.36. The van der Waals surface area contributed by atoms with Gasteiger partial charge >= 0.3 is 0 Å². The maximum Gasteiger partial charge on any atom is 0.229 e. The van der Waals surface area contributed by atoms with Gasteiger partial charge in [-0.3, -0.25) is 0 Å². The van der Waals surface area contributed by atoms with Crippen LogP contribution in [0.25, 0.3) is 11.0 Å². The van der Waals surface area contributed by atoms with Crippen molar-refractivity contribution < 1.29 is 9.47 Å². The van der Waals surface area contributed by atoms with Crippen LogP contribution in [0.1, 0.15) is 12.8 Å². The van der Waals surface area contributed by atoms with E-state index in [9.17, 15) is 0 Å². The van der Waals surface area contributed by atoms with Crippen molar-refractivity contribution >= 4 is 34.2 Å². The summed E-state index contributed by atoms with van der Waals surface area (Å²) in [6.07, 6.45) is 7.76. The average molecular weight is 460 g/mol. The molecule has 0 aliphatic heterocycles. The summed E-state index contributed by atoms with van der Waals surface area (Å²) in [5, 5.41) is 7.61. The number of hydrogen-bond acceptors (Lipinski definition) is 8. The van der Waals surface area contributed by atoms with Gasteiger partial charge in [0.25, 0.3) is 0 Å². The number of pyridine rings is 1. The van der Waals surface area contributed by atoms with Crippen LogP contribution in [-0.2, 0) is 7.05 Å². The highest BCUT2D eigenvalue weighted by Gasteiger charge is 2.32. The van der Waals surface area contributed by atoms with Crippen LogP contribution in [0.3, 0.4) is 0 Å². The van der Waals surface area contributed by atoms with Gasteiger partial charge in [0.15, 0.2) is 11.5 Å². The fourth-order valence-corrected chi connectivity index (χ4v) is 4.07. The first-order chi connectivity index (χ1) is 16.5. The van der Waals surface area contributed by atoms with Gasteiger partial charge in [-0.2, -0.15) is 4.98 Å². The molecule has 0 bridgehead atoms. The van der Waals surface area contributed by atoms with Gasteiger partial charge in [-0.05, 0) is 57.3 Å². The fraction of sp³-hybridized carbons (Fsp3) is 0.320. The first-order valence-electron chi connectivity index (χ1n) is 11.3. The molecule has 9 nitrogen and oxygen atoms in total. The molecule has 4 aromatic rings. The normalized spacial score (nSPS) is 17.4. The second-order valence-corrected chi connectivity index (χ2v) is 8.77. The summed E-state index contributed by atoms with van der Waals surface area (Å²) in [5.74, 6) is 2.56. The molecule has 0 saturated heterocycles. The minimum atomic E-state index is 0.218. The lowest BCUT2D eigenvalue weighted by Crippen LogP contribution is -2.46. The predicted molar refractivity (Wildman–Crippen MR) is 133 cm³/mol. The number of nitrogens with zero attached hydrogens (tertiary/aromatic N) is 5. The number of aromatic nitrogens is 4. The summed E-state index contributed by atoms with van der Waals surface area (Å²) >= 11 is 0. The quantitative estimate of drug-likeness (QED) is 0.402. The third-order valence-electron chi connectivity index (χ3n) is 6.15. The van der Waals surface area contributed by atoms with Crippen molar-refractivity contribution in [2.24, 2.45) is 7.05 Å². The first kappa shape index (κ1) is 22.0. The molecule has 2 N–H and O–H groups in total. The molecule has 0 spiro atoms. The zero-order valence-corrected chi connectivity index (χ0v) is 19.8. The molecule has 1 aliphatic rings. The molecular weight excluding hydrogens is 430 g/mol. The largest absolute Gasteiger partial charge is 0.493 e. The molecule has 1 aromatic carbocycles. The van der Waals surface area contributed by atoms with Crippen LogP contribution in [0.5, 0.6) is 11.5 Å². The van der Waals surface area contributed by atoms with Crippen molar-refractivity contribution in [3.05, 3.63) is 55.0 Å². The van der Waals surface area contributed by atoms with E-state index in [1.165, 1.54) is 0 Å². The van der Waals surface area contributed by atoms with Gasteiger partial charge in [-0.1, -0.05) is 0 Å². The van der Waals surface area contributed by atoms with Gasteiger partial charge in [0.2, 0.25) is 5.95 Å². The summed E-state index contributed by atoms with van der Waals surface area (Å²) in [4.78, 5) is 15.7. The lowest BCUT2D eigenvalue weighted by Gasteiger charge is -2.39. The van der Waals surface area contributed by atoms with Gasteiger partial charge < -0.3 is 29.6 Å². The smallest absolute Gasteiger partial charge is 0.229 e. The Morgan fingerprint density at radius 1 is 1.00 bits per heavy atom. The lowest BCUT2D eigenvalue weighted by molar-refractivity contribution is 0.0383. The Morgan fingerprint density at radius 3 is 2.65 bits per heavy atom.